The normalized spacial score (nSPS) is 18.9. The Kier molecular flexibility index (Phi) is 1.90. The van der Waals surface area contributed by atoms with Crippen LogP contribution in [-0.2, 0) is 12.1 Å². The molecule has 1 heterocycles. The Morgan fingerprint density at radius 3 is 2.50 bits per heavy atom. The van der Waals surface area contributed by atoms with Gasteiger partial charge in [-0.25, -0.2) is 0 Å². The van der Waals surface area contributed by atoms with Crippen molar-refractivity contribution in [2.24, 2.45) is 0 Å². The molecule has 0 spiro atoms. The highest BCUT2D eigenvalue weighted by Crippen LogP contribution is 2.39. The largest absolute Gasteiger partial charge is 0.293 e. The van der Waals surface area contributed by atoms with Crippen LogP contribution in [-0.4, -0.2) is 11.9 Å². The van der Waals surface area contributed by atoms with Crippen molar-refractivity contribution in [2.75, 3.05) is 7.05 Å². The molecule has 0 N–H and O–H groups in total. The average Bonchev–Trinajstić information content (AvgIpc) is 2.27. The lowest BCUT2D eigenvalue weighted by molar-refractivity contribution is 0.144. The second-order valence-corrected chi connectivity index (χ2v) is 5.24. The van der Waals surface area contributed by atoms with Crippen molar-refractivity contribution in [3.8, 4) is 0 Å². The molecular formula is C15H17N. The van der Waals surface area contributed by atoms with E-state index in [9.17, 15) is 0 Å². The summed E-state index contributed by atoms with van der Waals surface area (Å²) in [5.41, 5.74) is 3.04. The standard InChI is InChI=1S/C15H17N/c1-15(2)13-9-5-7-11-6-4-8-12(14(11)13)10-16(15)3/h4-9H,10H2,1-3H3. The van der Waals surface area contributed by atoms with E-state index in [-0.39, 0.29) is 5.54 Å². The molecule has 1 aliphatic rings. The highest BCUT2D eigenvalue weighted by atomic mass is 15.2. The third-order valence-corrected chi connectivity index (χ3v) is 4.01. The molecule has 0 radical (unpaired) electrons. The number of hydrogen-bond acceptors (Lipinski definition) is 1. The number of benzene rings is 2. The highest BCUT2D eigenvalue weighted by Gasteiger charge is 2.32. The molecular weight excluding hydrogens is 194 g/mol. The third kappa shape index (κ3) is 1.15. The van der Waals surface area contributed by atoms with Gasteiger partial charge in [0.1, 0.15) is 0 Å². The van der Waals surface area contributed by atoms with Gasteiger partial charge in [0, 0.05) is 12.1 Å². The average molecular weight is 211 g/mol. The zero-order chi connectivity index (χ0) is 11.3. The van der Waals surface area contributed by atoms with Gasteiger partial charge in [0.2, 0.25) is 0 Å². The van der Waals surface area contributed by atoms with Crippen LogP contribution in [0.2, 0.25) is 0 Å². The Bertz CT molecular complexity index is 549. The van der Waals surface area contributed by atoms with Crippen molar-refractivity contribution in [3.05, 3.63) is 47.5 Å². The summed E-state index contributed by atoms with van der Waals surface area (Å²) in [4.78, 5) is 2.42. The van der Waals surface area contributed by atoms with Crippen molar-refractivity contribution < 1.29 is 0 Å². The molecule has 0 aromatic heterocycles. The van der Waals surface area contributed by atoms with E-state index in [1.54, 1.807) is 0 Å². The fourth-order valence-corrected chi connectivity index (χ4v) is 2.72. The van der Waals surface area contributed by atoms with E-state index in [2.05, 4.69) is 62.2 Å². The number of hydrogen-bond donors (Lipinski definition) is 0. The zero-order valence-electron chi connectivity index (χ0n) is 10.1. The molecule has 1 heteroatoms. The lowest BCUT2D eigenvalue weighted by atomic mass is 9.83. The first-order valence-corrected chi connectivity index (χ1v) is 5.83. The Labute approximate surface area is 96.7 Å². The molecule has 0 saturated carbocycles. The van der Waals surface area contributed by atoms with E-state index in [1.165, 1.54) is 21.9 Å². The fraction of sp³-hybridized carbons (Fsp3) is 0.333. The Hall–Kier alpha value is -1.34. The molecule has 0 unspecified atom stereocenters. The van der Waals surface area contributed by atoms with E-state index < -0.39 is 0 Å². The molecule has 0 bridgehead atoms. The van der Waals surface area contributed by atoms with Gasteiger partial charge in [-0.2, -0.15) is 0 Å². The van der Waals surface area contributed by atoms with Crippen LogP contribution in [0, 0.1) is 0 Å². The van der Waals surface area contributed by atoms with Gasteiger partial charge in [-0.1, -0.05) is 36.4 Å². The summed E-state index contributed by atoms with van der Waals surface area (Å²) in [6.45, 7) is 5.65. The summed E-state index contributed by atoms with van der Waals surface area (Å²) in [6.07, 6.45) is 0. The van der Waals surface area contributed by atoms with Crippen molar-refractivity contribution in [2.45, 2.75) is 25.9 Å². The molecule has 3 rings (SSSR count). The first-order chi connectivity index (χ1) is 7.60. The molecule has 0 fully saturated rings. The first-order valence-electron chi connectivity index (χ1n) is 5.83. The van der Waals surface area contributed by atoms with Crippen LogP contribution < -0.4 is 0 Å². The molecule has 0 aliphatic carbocycles. The van der Waals surface area contributed by atoms with E-state index in [1.807, 2.05) is 0 Å². The van der Waals surface area contributed by atoms with Gasteiger partial charge in [-0.15, -0.1) is 0 Å². The van der Waals surface area contributed by atoms with E-state index in [0.29, 0.717) is 0 Å². The number of nitrogens with zero attached hydrogens (tertiary/aromatic N) is 1. The molecule has 2 aromatic rings. The van der Waals surface area contributed by atoms with Gasteiger partial charge >= 0.3 is 0 Å². The maximum atomic E-state index is 2.42. The van der Waals surface area contributed by atoms with Crippen molar-refractivity contribution in [1.29, 1.82) is 0 Å². The molecule has 1 nitrogen and oxygen atoms in total. The molecule has 1 aliphatic heterocycles. The summed E-state index contributed by atoms with van der Waals surface area (Å²) in [5.74, 6) is 0. The molecule has 0 atom stereocenters. The van der Waals surface area contributed by atoms with E-state index >= 15 is 0 Å². The second-order valence-electron chi connectivity index (χ2n) is 5.24. The summed E-state index contributed by atoms with van der Waals surface area (Å²) in [7, 11) is 2.20. The summed E-state index contributed by atoms with van der Waals surface area (Å²) in [5, 5.41) is 2.84. The van der Waals surface area contributed by atoms with Gasteiger partial charge in [-0.3, -0.25) is 4.90 Å². The van der Waals surface area contributed by atoms with Crippen LogP contribution in [0.25, 0.3) is 10.8 Å². The molecule has 0 amide bonds. The van der Waals surface area contributed by atoms with Crippen LogP contribution in [0.1, 0.15) is 25.0 Å². The smallest absolute Gasteiger partial charge is 0.0411 e. The topological polar surface area (TPSA) is 3.24 Å². The molecule has 2 aromatic carbocycles. The van der Waals surface area contributed by atoms with Crippen LogP contribution in [0.4, 0.5) is 0 Å². The fourth-order valence-electron chi connectivity index (χ4n) is 2.72. The maximum absolute atomic E-state index is 2.42. The van der Waals surface area contributed by atoms with Gasteiger partial charge in [0.05, 0.1) is 0 Å². The van der Waals surface area contributed by atoms with Gasteiger partial charge in [0.25, 0.3) is 0 Å². The summed E-state index contributed by atoms with van der Waals surface area (Å²) >= 11 is 0. The van der Waals surface area contributed by atoms with Gasteiger partial charge in [0.15, 0.2) is 0 Å². The minimum Gasteiger partial charge on any atom is -0.293 e. The first kappa shape index (κ1) is 9.86. The quantitative estimate of drug-likeness (QED) is 0.644. The van der Waals surface area contributed by atoms with Crippen molar-refractivity contribution in [3.63, 3.8) is 0 Å². The monoisotopic (exact) mass is 211 g/mol. The summed E-state index contributed by atoms with van der Waals surface area (Å²) in [6, 6.07) is 13.3. The minimum absolute atomic E-state index is 0.133. The maximum Gasteiger partial charge on any atom is 0.0411 e. The predicted molar refractivity (Wildman–Crippen MR) is 68.4 cm³/mol. The molecule has 0 saturated heterocycles. The molecule has 16 heavy (non-hydrogen) atoms. The van der Waals surface area contributed by atoms with Gasteiger partial charge in [-0.05, 0) is 42.8 Å². The van der Waals surface area contributed by atoms with Crippen LogP contribution >= 0.6 is 0 Å². The predicted octanol–water partition coefficient (Wildman–Crippen LogP) is 3.52. The highest BCUT2D eigenvalue weighted by molar-refractivity contribution is 5.90. The Balaban J connectivity index is 2.44. The lowest BCUT2D eigenvalue weighted by Crippen LogP contribution is -2.40. The SMILES string of the molecule is CN1Cc2cccc3cccc(c23)C1(C)C. The Morgan fingerprint density at radius 2 is 1.75 bits per heavy atom. The van der Waals surface area contributed by atoms with Crippen molar-refractivity contribution >= 4 is 10.8 Å². The minimum atomic E-state index is 0.133. The van der Waals surface area contributed by atoms with Crippen molar-refractivity contribution in [1.82, 2.24) is 4.90 Å². The zero-order valence-corrected chi connectivity index (χ0v) is 10.1. The number of rotatable bonds is 0. The van der Waals surface area contributed by atoms with Gasteiger partial charge < -0.3 is 0 Å². The molecule has 82 valence electrons. The lowest BCUT2D eigenvalue weighted by Gasteiger charge is -2.41. The van der Waals surface area contributed by atoms with Crippen LogP contribution in [0.15, 0.2) is 36.4 Å². The third-order valence-electron chi connectivity index (χ3n) is 4.01. The van der Waals surface area contributed by atoms with E-state index in [0.717, 1.165) is 6.54 Å². The summed E-state index contributed by atoms with van der Waals surface area (Å²) < 4.78 is 0. The van der Waals surface area contributed by atoms with Crippen LogP contribution in [0.5, 0.6) is 0 Å². The second kappa shape index (κ2) is 3.08. The Morgan fingerprint density at radius 1 is 1.06 bits per heavy atom. The van der Waals surface area contributed by atoms with Crippen LogP contribution in [0.3, 0.4) is 0 Å². The van der Waals surface area contributed by atoms with E-state index in [4.69, 9.17) is 0 Å².